The Kier molecular flexibility index (Phi) is 17.3. The van der Waals surface area contributed by atoms with Crippen LogP contribution in [0.5, 0.6) is 0 Å². The lowest BCUT2D eigenvalue weighted by Crippen LogP contribution is -2.25. The summed E-state index contributed by atoms with van der Waals surface area (Å²) >= 11 is 0. The van der Waals surface area contributed by atoms with Gasteiger partial charge in [-0.15, -0.1) is 0 Å². The highest BCUT2D eigenvalue weighted by Crippen LogP contribution is 2.27. The highest BCUT2D eigenvalue weighted by molar-refractivity contribution is 5.92. The topological polar surface area (TPSA) is 56.3 Å². The van der Waals surface area contributed by atoms with E-state index in [1.165, 1.54) is 111 Å². The molecule has 0 fully saturated rings. The molecule has 2 N–H and O–H groups in total. The molecule has 4 aromatic rings. The van der Waals surface area contributed by atoms with Crippen molar-refractivity contribution in [3.05, 3.63) is 72.1 Å². The van der Waals surface area contributed by atoms with Gasteiger partial charge in [-0.3, -0.25) is 9.97 Å². The summed E-state index contributed by atoms with van der Waals surface area (Å²) in [6, 6.07) is 22.7. The number of aryl methyl sites for hydroxylation is 2. The minimum atomic E-state index is 0.438. The van der Waals surface area contributed by atoms with E-state index in [9.17, 15) is 0 Å². The summed E-state index contributed by atoms with van der Waals surface area (Å²) in [5.41, 5.74) is 7.12. The van der Waals surface area contributed by atoms with Crippen molar-refractivity contribution in [1.82, 2.24) is 19.8 Å². The van der Waals surface area contributed by atoms with Gasteiger partial charge in [-0.1, -0.05) is 89.8 Å². The van der Waals surface area contributed by atoms with E-state index in [4.69, 9.17) is 9.97 Å². The van der Waals surface area contributed by atoms with Gasteiger partial charge in [0.05, 0.1) is 11.0 Å². The third-order valence-electron chi connectivity index (χ3n) is 10.5. The number of pyridine rings is 2. The molecular formula is C44H68N6. The fourth-order valence-electron chi connectivity index (χ4n) is 7.27. The fraction of sp³-hybridized carbons (Fsp3) is 0.591. The third-order valence-corrected chi connectivity index (χ3v) is 10.5. The SMILES string of the molecule is CCN(CC)CCCC(C)Nc1cc(CCCCCCCCc2cc(NC(C)CCCN(CC)CC)c3ccccc3n2)nc2ccccc12. The van der Waals surface area contributed by atoms with Crippen LogP contribution < -0.4 is 10.6 Å². The molecule has 0 amide bonds. The Morgan fingerprint density at radius 3 is 1.30 bits per heavy atom. The smallest absolute Gasteiger partial charge is 0.0726 e. The maximum absolute atomic E-state index is 5.05. The Hall–Kier alpha value is -3.22. The Balaban J connectivity index is 1.20. The van der Waals surface area contributed by atoms with Gasteiger partial charge in [0, 0.05) is 45.6 Å². The van der Waals surface area contributed by atoms with Gasteiger partial charge in [0.2, 0.25) is 0 Å². The van der Waals surface area contributed by atoms with Crippen molar-refractivity contribution in [2.24, 2.45) is 0 Å². The molecule has 0 aliphatic rings. The number of anilines is 2. The predicted octanol–water partition coefficient (Wildman–Crippen LogP) is 10.8. The minimum absolute atomic E-state index is 0.438. The summed E-state index contributed by atoms with van der Waals surface area (Å²) in [5, 5.41) is 10.1. The van der Waals surface area contributed by atoms with Crippen LogP contribution in [0.2, 0.25) is 0 Å². The van der Waals surface area contributed by atoms with E-state index in [1.54, 1.807) is 0 Å². The maximum Gasteiger partial charge on any atom is 0.0726 e. The molecule has 0 radical (unpaired) electrons. The molecule has 4 rings (SSSR count). The fourth-order valence-corrected chi connectivity index (χ4v) is 7.27. The normalized spacial score (nSPS) is 13.0. The standard InChI is InChI=1S/C44H68N6/c1-7-49(8-2)31-21-23-35(5)45-43-33-37(47-41-29-19-17-27-39(41)43)25-15-13-11-12-14-16-26-38-34-44(40-28-18-20-30-42(40)48-38)46-36(6)24-22-32-50(9-3)10-4/h17-20,27-30,33-36H,7-16,21-26,31-32H2,1-6H3,(H,45,47)(H,46,48). The van der Waals surface area contributed by atoms with Crippen LogP contribution in [0, 0.1) is 0 Å². The first-order valence-corrected chi connectivity index (χ1v) is 20.2. The van der Waals surface area contributed by atoms with Gasteiger partial charge in [0.1, 0.15) is 0 Å². The van der Waals surface area contributed by atoms with Gasteiger partial charge in [0.15, 0.2) is 0 Å². The van der Waals surface area contributed by atoms with Crippen molar-refractivity contribution in [3.63, 3.8) is 0 Å². The molecule has 0 saturated heterocycles. The Morgan fingerprint density at radius 1 is 0.520 bits per heavy atom. The summed E-state index contributed by atoms with van der Waals surface area (Å²) in [7, 11) is 0. The second-order valence-corrected chi connectivity index (χ2v) is 14.4. The van der Waals surface area contributed by atoms with Gasteiger partial charge in [-0.25, -0.2) is 0 Å². The van der Waals surface area contributed by atoms with Crippen molar-refractivity contribution in [1.29, 1.82) is 0 Å². The molecule has 0 aliphatic heterocycles. The van der Waals surface area contributed by atoms with E-state index < -0.39 is 0 Å². The van der Waals surface area contributed by atoms with Gasteiger partial charge >= 0.3 is 0 Å². The molecule has 6 nitrogen and oxygen atoms in total. The molecule has 0 saturated carbocycles. The van der Waals surface area contributed by atoms with E-state index in [0.717, 1.165) is 50.1 Å². The zero-order valence-electron chi connectivity index (χ0n) is 32.4. The van der Waals surface area contributed by atoms with Crippen molar-refractivity contribution < 1.29 is 0 Å². The number of fused-ring (bicyclic) bond motifs is 2. The van der Waals surface area contributed by atoms with Crippen molar-refractivity contribution in [2.75, 3.05) is 49.9 Å². The van der Waals surface area contributed by atoms with E-state index in [-0.39, 0.29) is 0 Å². The van der Waals surface area contributed by atoms with Gasteiger partial charge in [0.25, 0.3) is 0 Å². The van der Waals surface area contributed by atoms with E-state index >= 15 is 0 Å². The van der Waals surface area contributed by atoms with E-state index in [1.807, 2.05) is 0 Å². The average molecular weight is 681 g/mol. The molecule has 2 unspecified atom stereocenters. The first kappa shape index (κ1) is 39.6. The second kappa shape index (κ2) is 21.9. The quantitative estimate of drug-likeness (QED) is 0.0680. The average Bonchev–Trinajstić information content (AvgIpc) is 3.13. The molecule has 2 atom stereocenters. The van der Waals surface area contributed by atoms with Gasteiger partial charge in [-0.05, 0) is 129 Å². The van der Waals surface area contributed by atoms with Crippen LogP contribution in [0.25, 0.3) is 21.8 Å². The number of nitrogens with zero attached hydrogens (tertiary/aromatic N) is 4. The molecule has 274 valence electrons. The maximum atomic E-state index is 5.05. The minimum Gasteiger partial charge on any atom is -0.382 e. The van der Waals surface area contributed by atoms with Gasteiger partial charge < -0.3 is 20.4 Å². The summed E-state index contributed by atoms with van der Waals surface area (Å²) in [5.74, 6) is 0. The van der Waals surface area contributed by atoms with Crippen LogP contribution in [0.3, 0.4) is 0 Å². The van der Waals surface area contributed by atoms with Crippen LogP contribution in [0.1, 0.15) is 117 Å². The van der Waals surface area contributed by atoms with Crippen LogP contribution in [-0.2, 0) is 12.8 Å². The van der Waals surface area contributed by atoms with Crippen LogP contribution in [0.15, 0.2) is 60.7 Å². The summed E-state index contributed by atoms with van der Waals surface area (Å²) in [6.45, 7) is 20.6. The third kappa shape index (κ3) is 12.8. The van der Waals surface area contributed by atoms with Crippen molar-refractivity contribution in [3.8, 4) is 0 Å². The molecule has 50 heavy (non-hydrogen) atoms. The number of nitrogens with one attached hydrogen (secondary N) is 2. The lowest BCUT2D eigenvalue weighted by atomic mass is 10.0. The van der Waals surface area contributed by atoms with Crippen molar-refractivity contribution in [2.45, 2.75) is 131 Å². The highest BCUT2D eigenvalue weighted by atomic mass is 15.1. The molecule has 2 aromatic heterocycles. The zero-order valence-corrected chi connectivity index (χ0v) is 32.4. The second-order valence-electron chi connectivity index (χ2n) is 14.4. The number of rotatable bonds is 25. The predicted molar refractivity (Wildman–Crippen MR) is 219 cm³/mol. The molecule has 0 spiro atoms. The Bertz CT molecular complexity index is 1410. The van der Waals surface area contributed by atoms with Crippen LogP contribution >= 0.6 is 0 Å². The molecule has 2 aromatic carbocycles. The van der Waals surface area contributed by atoms with E-state index in [0.29, 0.717) is 12.1 Å². The zero-order chi connectivity index (χ0) is 35.6. The molecule has 0 bridgehead atoms. The lowest BCUT2D eigenvalue weighted by Gasteiger charge is -2.21. The number of unbranched alkanes of at least 4 members (excludes halogenated alkanes) is 5. The monoisotopic (exact) mass is 681 g/mol. The van der Waals surface area contributed by atoms with Crippen molar-refractivity contribution >= 4 is 33.2 Å². The highest BCUT2D eigenvalue weighted by Gasteiger charge is 2.12. The Morgan fingerprint density at radius 2 is 0.900 bits per heavy atom. The first-order chi connectivity index (χ1) is 24.4. The van der Waals surface area contributed by atoms with E-state index in [2.05, 4.69) is 123 Å². The van der Waals surface area contributed by atoms with Gasteiger partial charge in [-0.2, -0.15) is 0 Å². The Labute approximate surface area is 304 Å². The number of hydrogen-bond acceptors (Lipinski definition) is 6. The largest absolute Gasteiger partial charge is 0.382 e. The number of benzene rings is 2. The van der Waals surface area contributed by atoms with Crippen LogP contribution in [0.4, 0.5) is 11.4 Å². The summed E-state index contributed by atoms with van der Waals surface area (Å²) < 4.78 is 0. The first-order valence-electron chi connectivity index (χ1n) is 20.2. The molecule has 2 heterocycles. The molecular weight excluding hydrogens is 613 g/mol. The molecule has 0 aliphatic carbocycles. The summed E-state index contributed by atoms with van der Waals surface area (Å²) in [6.07, 6.45) is 14.3. The lowest BCUT2D eigenvalue weighted by molar-refractivity contribution is 0.295. The number of hydrogen-bond donors (Lipinski definition) is 2. The number of aromatic nitrogens is 2. The molecule has 6 heteroatoms. The van der Waals surface area contributed by atoms with Crippen LogP contribution in [-0.4, -0.2) is 71.1 Å². The summed E-state index contributed by atoms with van der Waals surface area (Å²) in [4.78, 5) is 15.1. The number of para-hydroxylation sites is 2.